The van der Waals surface area contributed by atoms with Crippen LogP contribution in [0.25, 0.3) is 0 Å². The van der Waals surface area contributed by atoms with Crippen LogP contribution in [-0.4, -0.2) is 23.8 Å². The summed E-state index contributed by atoms with van der Waals surface area (Å²) in [6.07, 6.45) is 8.99. The fourth-order valence-electron chi connectivity index (χ4n) is 3.20. The number of ketones is 1. The molecule has 100 valence electrons. The first-order valence-electron chi connectivity index (χ1n) is 7.34. The number of nitrogens with zero attached hydrogens (tertiary/aromatic N) is 1. The minimum absolute atomic E-state index is 0.276. The zero-order chi connectivity index (χ0) is 13.1. The number of hydrogen-bond acceptors (Lipinski definition) is 2. The van der Waals surface area contributed by atoms with Crippen LogP contribution in [0.15, 0.2) is 36.4 Å². The van der Waals surface area contributed by atoms with Crippen LogP contribution in [0.5, 0.6) is 0 Å². The molecule has 1 saturated carbocycles. The molecule has 2 heteroatoms. The molecule has 0 bridgehead atoms. The van der Waals surface area contributed by atoms with E-state index in [-0.39, 0.29) is 5.92 Å². The Bertz CT molecular complexity index is 478. The van der Waals surface area contributed by atoms with Gasteiger partial charge in [-0.3, -0.25) is 9.69 Å². The first-order chi connectivity index (χ1) is 9.34. The summed E-state index contributed by atoms with van der Waals surface area (Å²) in [5.41, 5.74) is 2.16. The van der Waals surface area contributed by atoms with E-state index in [1.165, 1.54) is 18.4 Å². The van der Waals surface area contributed by atoms with Crippen molar-refractivity contribution >= 4 is 5.78 Å². The molecule has 1 aromatic carbocycles. The fourth-order valence-corrected chi connectivity index (χ4v) is 3.20. The highest BCUT2D eigenvalue weighted by atomic mass is 16.1. The molecule has 0 N–H and O–H groups in total. The summed E-state index contributed by atoms with van der Waals surface area (Å²) in [6, 6.07) is 8.16. The molecule has 1 fully saturated rings. The molecule has 2 aliphatic rings. The van der Waals surface area contributed by atoms with E-state index in [0.29, 0.717) is 5.78 Å². The van der Waals surface area contributed by atoms with Crippen molar-refractivity contribution in [2.45, 2.75) is 32.2 Å². The van der Waals surface area contributed by atoms with Crippen molar-refractivity contribution in [3.05, 3.63) is 47.5 Å². The Morgan fingerprint density at radius 1 is 1.11 bits per heavy atom. The Kier molecular flexibility index (Phi) is 3.79. The number of carbonyl (C=O) groups is 1. The number of hydrogen-bond donors (Lipinski definition) is 0. The summed E-state index contributed by atoms with van der Waals surface area (Å²) in [6.45, 7) is 2.90. The van der Waals surface area contributed by atoms with Gasteiger partial charge in [-0.2, -0.15) is 0 Å². The molecule has 3 rings (SSSR count). The fraction of sp³-hybridized carbons (Fsp3) is 0.471. The van der Waals surface area contributed by atoms with E-state index < -0.39 is 0 Å². The van der Waals surface area contributed by atoms with E-state index in [4.69, 9.17) is 0 Å². The molecule has 19 heavy (non-hydrogen) atoms. The second-order valence-electron chi connectivity index (χ2n) is 5.67. The summed E-state index contributed by atoms with van der Waals surface area (Å²) in [5.74, 6) is 0.651. The van der Waals surface area contributed by atoms with E-state index in [2.05, 4.69) is 23.1 Å². The van der Waals surface area contributed by atoms with Crippen LogP contribution in [0, 0.1) is 5.92 Å². The maximum Gasteiger partial charge on any atom is 0.166 e. The van der Waals surface area contributed by atoms with Gasteiger partial charge in [-0.15, -0.1) is 0 Å². The summed E-state index contributed by atoms with van der Waals surface area (Å²) in [5, 5.41) is 0. The van der Waals surface area contributed by atoms with E-state index in [0.717, 1.165) is 38.0 Å². The lowest BCUT2D eigenvalue weighted by atomic mass is 9.93. The summed E-state index contributed by atoms with van der Waals surface area (Å²) in [7, 11) is 0. The molecule has 0 amide bonds. The first kappa shape index (κ1) is 12.6. The van der Waals surface area contributed by atoms with Crippen LogP contribution < -0.4 is 0 Å². The van der Waals surface area contributed by atoms with Gasteiger partial charge in [-0.05, 0) is 18.4 Å². The highest BCUT2D eigenvalue weighted by Gasteiger charge is 2.25. The Morgan fingerprint density at radius 3 is 2.53 bits per heavy atom. The molecule has 0 spiro atoms. The number of carbonyl (C=O) groups excluding carboxylic acids is 1. The topological polar surface area (TPSA) is 20.3 Å². The minimum atomic E-state index is 0.276. The van der Waals surface area contributed by atoms with Gasteiger partial charge in [0.05, 0.1) is 0 Å². The van der Waals surface area contributed by atoms with Crippen LogP contribution >= 0.6 is 0 Å². The average molecular weight is 255 g/mol. The molecule has 2 nitrogen and oxygen atoms in total. The normalized spacial score (nSPS) is 20.2. The van der Waals surface area contributed by atoms with E-state index in [1.54, 1.807) is 0 Å². The van der Waals surface area contributed by atoms with Crippen LogP contribution in [0.2, 0.25) is 0 Å². The highest BCUT2D eigenvalue weighted by molar-refractivity contribution is 5.99. The monoisotopic (exact) mass is 255 g/mol. The third kappa shape index (κ3) is 2.79. The third-order valence-corrected chi connectivity index (χ3v) is 4.30. The molecular weight excluding hydrogens is 234 g/mol. The predicted molar refractivity (Wildman–Crippen MR) is 77.1 cm³/mol. The molecule has 1 aromatic rings. The lowest BCUT2D eigenvalue weighted by Gasteiger charge is -2.18. The van der Waals surface area contributed by atoms with E-state index in [1.807, 2.05) is 18.2 Å². The first-order valence-corrected chi connectivity index (χ1v) is 7.34. The van der Waals surface area contributed by atoms with Crippen LogP contribution in [-0.2, 0) is 6.54 Å². The largest absolute Gasteiger partial charge is 0.294 e. The van der Waals surface area contributed by atoms with Crippen molar-refractivity contribution in [2.75, 3.05) is 13.1 Å². The molecule has 0 unspecified atom stereocenters. The molecule has 0 radical (unpaired) electrons. The van der Waals surface area contributed by atoms with Crippen molar-refractivity contribution in [1.29, 1.82) is 0 Å². The Balaban J connectivity index is 1.78. The van der Waals surface area contributed by atoms with Gasteiger partial charge >= 0.3 is 0 Å². The van der Waals surface area contributed by atoms with Crippen molar-refractivity contribution < 1.29 is 4.79 Å². The molecule has 1 aliphatic heterocycles. The Labute approximate surface area is 115 Å². The van der Waals surface area contributed by atoms with Gasteiger partial charge in [0.25, 0.3) is 0 Å². The summed E-state index contributed by atoms with van der Waals surface area (Å²) >= 11 is 0. The second kappa shape index (κ2) is 5.70. The van der Waals surface area contributed by atoms with Crippen molar-refractivity contribution in [2.24, 2.45) is 5.92 Å². The van der Waals surface area contributed by atoms with E-state index >= 15 is 0 Å². The summed E-state index contributed by atoms with van der Waals surface area (Å²) < 4.78 is 0. The zero-order valence-electron chi connectivity index (χ0n) is 11.3. The lowest BCUT2D eigenvalue weighted by Crippen LogP contribution is -2.22. The van der Waals surface area contributed by atoms with Gasteiger partial charge in [0.15, 0.2) is 5.78 Å². The van der Waals surface area contributed by atoms with Gasteiger partial charge in [0, 0.05) is 31.1 Å². The molecular formula is C17H21NO. The highest BCUT2D eigenvalue weighted by Crippen LogP contribution is 2.29. The number of rotatable bonds is 4. The number of Topliss-reactive ketones (excluding diaryl/α,β-unsaturated/α-hetero) is 1. The van der Waals surface area contributed by atoms with Gasteiger partial charge in [-0.25, -0.2) is 0 Å². The van der Waals surface area contributed by atoms with Crippen molar-refractivity contribution in [3.8, 4) is 0 Å². The summed E-state index contributed by atoms with van der Waals surface area (Å²) in [4.78, 5) is 15.0. The Morgan fingerprint density at radius 2 is 1.79 bits per heavy atom. The van der Waals surface area contributed by atoms with Crippen LogP contribution in [0.3, 0.4) is 0 Å². The van der Waals surface area contributed by atoms with Gasteiger partial charge in [0.1, 0.15) is 0 Å². The average Bonchev–Trinajstić information content (AvgIpc) is 3.11. The van der Waals surface area contributed by atoms with Gasteiger partial charge < -0.3 is 0 Å². The standard InChI is InChI=1S/C17H21NO/c19-17(14-7-1-2-8-14)16-10-4-3-9-15(16)13-18-11-5-6-12-18/h3-6,9-10,14H,1-2,7-8,11-13H2. The SMILES string of the molecule is O=C(c1ccccc1CN1CC=CC1)C1CCCC1. The smallest absolute Gasteiger partial charge is 0.166 e. The van der Waals surface area contributed by atoms with Crippen molar-refractivity contribution in [3.63, 3.8) is 0 Å². The quantitative estimate of drug-likeness (QED) is 0.607. The lowest BCUT2D eigenvalue weighted by molar-refractivity contribution is 0.0921. The zero-order valence-corrected chi connectivity index (χ0v) is 11.3. The predicted octanol–water partition coefficient (Wildman–Crippen LogP) is 3.43. The maximum absolute atomic E-state index is 12.6. The number of benzene rings is 1. The van der Waals surface area contributed by atoms with Gasteiger partial charge in [0.2, 0.25) is 0 Å². The Hall–Kier alpha value is -1.41. The maximum atomic E-state index is 12.6. The molecule has 1 aliphatic carbocycles. The second-order valence-corrected chi connectivity index (χ2v) is 5.67. The molecule has 1 heterocycles. The van der Waals surface area contributed by atoms with Gasteiger partial charge in [-0.1, -0.05) is 49.3 Å². The van der Waals surface area contributed by atoms with Crippen LogP contribution in [0.4, 0.5) is 0 Å². The molecule has 0 atom stereocenters. The molecule has 0 saturated heterocycles. The van der Waals surface area contributed by atoms with Crippen molar-refractivity contribution in [1.82, 2.24) is 4.90 Å². The minimum Gasteiger partial charge on any atom is -0.294 e. The third-order valence-electron chi connectivity index (χ3n) is 4.30. The molecule has 0 aromatic heterocycles. The van der Waals surface area contributed by atoms with E-state index in [9.17, 15) is 4.79 Å². The van der Waals surface area contributed by atoms with Crippen LogP contribution in [0.1, 0.15) is 41.6 Å².